The van der Waals surface area contributed by atoms with E-state index in [9.17, 15) is 9.59 Å². The van der Waals surface area contributed by atoms with E-state index in [2.05, 4.69) is 9.72 Å². The molecule has 0 bridgehead atoms. The zero-order valence-corrected chi connectivity index (χ0v) is 12.8. The second-order valence-corrected chi connectivity index (χ2v) is 4.71. The Morgan fingerprint density at radius 1 is 1.00 bits per heavy atom. The average Bonchev–Trinajstić information content (AvgIpc) is 2.60. The molecule has 0 saturated carbocycles. The van der Waals surface area contributed by atoms with Crippen LogP contribution in [0.4, 0.5) is 0 Å². The highest BCUT2D eigenvalue weighted by Gasteiger charge is 2.08. The summed E-state index contributed by atoms with van der Waals surface area (Å²) in [6, 6.07) is 12.8. The number of esters is 2. The van der Waals surface area contributed by atoms with Crippen molar-refractivity contribution in [3.63, 3.8) is 0 Å². The lowest BCUT2D eigenvalue weighted by atomic mass is 10.2. The van der Waals surface area contributed by atoms with Crippen LogP contribution in [0.5, 0.6) is 5.75 Å². The van der Waals surface area contributed by atoms with Crippen LogP contribution in [0.2, 0.25) is 0 Å². The van der Waals surface area contributed by atoms with Crippen molar-refractivity contribution in [2.24, 2.45) is 0 Å². The molecule has 0 amide bonds. The molecule has 0 aliphatic heterocycles. The van der Waals surface area contributed by atoms with E-state index in [1.54, 1.807) is 18.3 Å². The van der Waals surface area contributed by atoms with Gasteiger partial charge in [-0.25, -0.2) is 0 Å². The molecule has 5 heteroatoms. The first-order chi connectivity index (χ1) is 11.2. The first kappa shape index (κ1) is 16.4. The standard InChI is InChI=1S/C18H17NO4/c1-22-17(20)11-12-18(21)23-16-9-6-14(7-10-16)5-8-15-4-2-3-13-19-15/h2-10,13H,11-12H2,1H3/b8-5+. The summed E-state index contributed by atoms with van der Waals surface area (Å²) in [5, 5.41) is 0. The van der Waals surface area contributed by atoms with Crippen molar-refractivity contribution in [1.82, 2.24) is 4.98 Å². The highest BCUT2D eigenvalue weighted by molar-refractivity contribution is 5.79. The van der Waals surface area contributed by atoms with Gasteiger partial charge in [-0.2, -0.15) is 0 Å². The lowest BCUT2D eigenvalue weighted by Gasteiger charge is -2.04. The van der Waals surface area contributed by atoms with E-state index in [0.717, 1.165) is 11.3 Å². The summed E-state index contributed by atoms with van der Waals surface area (Å²) in [4.78, 5) is 26.7. The van der Waals surface area contributed by atoms with Gasteiger partial charge in [0.05, 0.1) is 25.6 Å². The van der Waals surface area contributed by atoms with Crippen molar-refractivity contribution in [1.29, 1.82) is 0 Å². The third kappa shape index (κ3) is 5.74. The van der Waals surface area contributed by atoms with Gasteiger partial charge < -0.3 is 9.47 Å². The summed E-state index contributed by atoms with van der Waals surface area (Å²) < 4.78 is 9.61. The number of carbonyl (C=O) groups excluding carboxylic acids is 2. The van der Waals surface area contributed by atoms with Crippen molar-refractivity contribution in [3.8, 4) is 5.75 Å². The fourth-order valence-electron chi connectivity index (χ4n) is 1.79. The van der Waals surface area contributed by atoms with Crippen LogP contribution in [-0.2, 0) is 14.3 Å². The summed E-state index contributed by atoms with van der Waals surface area (Å²) in [6.45, 7) is 0. The molecule has 1 heterocycles. The number of carbonyl (C=O) groups is 2. The molecule has 0 aliphatic rings. The molecule has 5 nitrogen and oxygen atoms in total. The summed E-state index contributed by atoms with van der Waals surface area (Å²) in [7, 11) is 1.28. The maximum Gasteiger partial charge on any atom is 0.311 e. The maximum absolute atomic E-state index is 11.6. The molecule has 0 unspecified atom stereocenters. The third-order valence-electron chi connectivity index (χ3n) is 3.01. The number of hydrogen-bond donors (Lipinski definition) is 0. The minimum absolute atomic E-state index is 0.00595. The molecule has 0 aliphatic carbocycles. The summed E-state index contributed by atoms with van der Waals surface area (Å²) in [6.07, 6.45) is 5.56. The monoisotopic (exact) mass is 311 g/mol. The Bertz CT molecular complexity index is 678. The van der Waals surface area contributed by atoms with Gasteiger partial charge in [-0.15, -0.1) is 0 Å². The maximum atomic E-state index is 11.6. The van der Waals surface area contributed by atoms with Gasteiger partial charge in [0.15, 0.2) is 0 Å². The molecular formula is C18H17NO4. The second-order valence-electron chi connectivity index (χ2n) is 4.71. The van der Waals surface area contributed by atoms with Crippen LogP contribution < -0.4 is 4.74 Å². The molecule has 0 spiro atoms. The number of hydrogen-bond acceptors (Lipinski definition) is 5. The minimum Gasteiger partial charge on any atom is -0.469 e. The van der Waals surface area contributed by atoms with Gasteiger partial charge in [-0.1, -0.05) is 24.3 Å². The average molecular weight is 311 g/mol. The number of pyridine rings is 1. The zero-order chi connectivity index (χ0) is 16.5. The molecule has 1 aromatic heterocycles. The quantitative estimate of drug-likeness (QED) is 0.606. The number of aromatic nitrogens is 1. The van der Waals surface area contributed by atoms with E-state index in [4.69, 9.17) is 4.74 Å². The molecule has 0 saturated heterocycles. The van der Waals surface area contributed by atoms with Crippen LogP contribution in [0.15, 0.2) is 48.7 Å². The van der Waals surface area contributed by atoms with Gasteiger partial charge in [-0.05, 0) is 35.9 Å². The first-order valence-corrected chi connectivity index (χ1v) is 7.14. The van der Waals surface area contributed by atoms with E-state index in [-0.39, 0.29) is 12.8 Å². The second kappa shape index (κ2) is 8.48. The van der Waals surface area contributed by atoms with Crippen LogP contribution >= 0.6 is 0 Å². The Balaban J connectivity index is 1.88. The highest BCUT2D eigenvalue weighted by atomic mass is 16.5. The lowest BCUT2D eigenvalue weighted by Crippen LogP contribution is -2.11. The Kier molecular flexibility index (Phi) is 6.06. The van der Waals surface area contributed by atoms with Crippen molar-refractivity contribution in [3.05, 3.63) is 59.9 Å². The molecule has 2 aromatic rings. The van der Waals surface area contributed by atoms with E-state index in [1.807, 2.05) is 42.5 Å². The van der Waals surface area contributed by atoms with Crippen molar-refractivity contribution >= 4 is 24.1 Å². The van der Waals surface area contributed by atoms with Crippen LogP contribution in [0.25, 0.3) is 12.2 Å². The van der Waals surface area contributed by atoms with E-state index in [0.29, 0.717) is 5.75 Å². The predicted octanol–water partition coefficient (Wildman–Crippen LogP) is 3.11. The molecule has 23 heavy (non-hydrogen) atoms. The molecule has 0 radical (unpaired) electrons. The van der Waals surface area contributed by atoms with E-state index >= 15 is 0 Å². The number of methoxy groups -OCH3 is 1. The molecule has 0 N–H and O–H groups in total. The fourth-order valence-corrected chi connectivity index (χ4v) is 1.79. The molecule has 1 aromatic carbocycles. The number of ether oxygens (including phenoxy) is 2. The first-order valence-electron chi connectivity index (χ1n) is 7.14. The third-order valence-corrected chi connectivity index (χ3v) is 3.01. The lowest BCUT2D eigenvalue weighted by molar-refractivity contribution is -0.144. The molecule has 0 atom stereocenters. The number of rotatable bonds is 6. The Morgan fingerprint density at radius 2 is 1.74 bits per heavy atom. The Labute approximate surface area is 134 Å². The largest absolute Gasteiger partial charge is 0.469 e. The number of benzene rings is 1. The summed E-state index contributed by atoms with van der Waals surface area (Å²) in [5.41, 5.74) is 1.83. The fraction of sp³-hybridized carbons (Fsp3) is 0.167. The highest BCUT2D eigenvalue weighted by Crippen LogP contribution is 2.15. The normalized spacial score (nSPS) is 10.5. The summed E-state index contributed by atoms with van der Waals surface area (Å²) >= 11 is 0. The van der Waals surface area contributed by atoms with Crippen LogP contribution in [-0.4, -0.2) is 24.0 Å². The predicted molar refractivity (Wildman–Crippen MR) is 86.5 cm³/mol. The molecular weight excluding hydrogens is 294 g/mol. The smallest absolute Gasteiger partial charge is 0.311 e. The number of nitrogens with zero attached hydrogens (tertiary/aromatic N) is 1. The molecule has 2 rings (SSSR count). The van der Waals surface area contributed by atoms with E-state index in [1.165, 1.54) is 7.11 Å². The van der Waals surface area contributed by atoms with Gasteiger partial charge in [0.2, 0.25) is 0 Å². The van der Waals surface area contributed by atoms with Crippen molar-refractivity contribution < 1.29 is 19.1 Å². The Hall–Kier alpha value is -2.95. The molecule has 118 valence electrons. The zero-order valence-electron chi connectivity index (χ0n) is 12.8. The Morgan fingerprint density at radius 3 is 2.39 bits per heavy atom. The van der Waals surface area contributed by atoms with Crippen LogP contribution in [0, 0.1) is 0 Å². The summed E-state index contributed by atoms with van der Waals surface area (Å²) in [5.74, 6) is -0.459. The van der Waals surface area contributed by atoms with Gasteiger partial charge >= 0.3 is 11.9 Å². The van der Waals surface area contributed by atoms with Crippen molar-refractivity contribution in [2.45, 2.75) is 12.8 Å². The van der Waals surface area contributed by atoms with Gasteiger partial charge in [-0.3, -0.25) is 14.6 Å². The van der Waals surface area contributed by atoms with Gasteiger partial charge in [0.25, 0.3) is 0 Å². The van der Waals surface area contributed by atoms with Gasteiger partial charge in [0, 0.05) is 6.20 Å². The molecule has 0 fully saturated rings. The topological polar surface area (TPSA) is 65.5 Å². The van der Waals surface area contributed by atoms with E-state index < -0.39 is 11.9 Å². The van der Waals surface area contributed by atoms with Crippen LogP contribution in [0.3, 0.4) is 0 Å². The van der Waals surface area contributed by atoms with Crippen molar-refractivity contribution in [2.75, 3.05) is 7.11 Å². The van der Waals surface area contributed by atoms with Gasteiger partial charge in [0.1, 0.15) is 5.75 Å². The minimum atomic E-state index is -0.466. The van der Waals surface area contributed by atoms with Crippen LogP contribution in [0.1, 0.15) is 24.1 Å². The SMILES string of the molecule is COC(=O)CCC(=O)Oc1ccc(/C=C/c2ccccn2)cc1.